The molecule has 0 aliphatic carbocycles. The summed E-state index contributed by atoms with van der Waals surface area (Å²) >= 11 is 0. The number of hydrogen-bond acceptors (Lipinski definition) is 1. The minimum Gasteiger partial charge on any atom is -0.846 e. The van der Waals surface area contributed by atoms with Crippen LogP contribution in [-0.2, 0) is 0 Å². The second-order valence-corrected chi connectivity index (χ2v) is 0.936. The molecule has 0 heterocycles. The first kappa shape index (κ1) is 10.4. The monoisotopic (exact) mass is 106 g/mol. The fraction of sp³-hybridized carbons (Fsp3) is 0.200. The van der Waals surface area contributed by atoms with Crippen LogP contribution in [0.25, 0.3) is 0 Å². The Labute approximate surface area is 66.0 Å². The zero-order chi connectivity index (χ0) is 4.99. The molecular weight excluding hydrogens is 99.0 g/mol. The fourth-order valence-corrected chi connectivity index (χ4v) is 0.0962. The largest absolute Gasteiger partial charge is 1.00 e. The molecule has 7 heavy (non-hydrogen) atoms. The topological polar surface area (TPSA) is 23.1 Å². The van der Waals surface area contributed by atoms with Crippen LogP contribution in [0.1, 0.15) is 0 Å². The summed E-state index contributed by atoms with van der Waals surface area (Å²) in [6.45, 7) is 6.50. The maximum atomic E-state index is 10.0. The van der Waals surface area contributed by atoms with Crippen molar-refractivity contribution in [2.45, 2.75) is 6.10 Å². The average Bonchev–Trinajstić information content (AvgIpc) is 1.65. The van der Waals surface area contributed by atoms with Crippen molar-refractivity contribution in [1.82, 2.24) is 0 Å². The molecule has 0 amide bonds. The van der Waals surface area contributed by atoms with Gasteiger partial charge in [0.1, 0.15) is 0 Å². The van der Waals surface area contributed by atoms with Gasteiger partial charge in [-0.05, 0) is 0 Å². The molecular formula is C5H7NaO. The molecule has 0 aromatic rings. The van der Waals surface area contributed by atoms with Crippen LogP contribution >= 0.6 is 0 Å². The molecule has 0 fully saturated rings. The normalized spacial score (nSPS) is 7.14. The summed E-state index contributed by atoms with van der Waals surface area (Å²) in [5.41, 5.74) is 0. The molecule has 0 radical (unpaired) electrons. The van der Waals surface area contributed by atoms with Gasteiger partial charge in [-0.3, -0.25) is 0 Å². The van der Waals surface area contributed by atoms with E-state index in [0.29, 0.717) is 0 Å². The van der Waals surface area contributed by atoms with Gasteiger partial charge in [-0.2, -0.15) is 0 Å². The zero-order valence-electron chi connectivity index (χ0n) is 4.55. The van der Waals surface area contributed by atoms with Crippen LogP contribution in [0, 0.1) is 0 Å². The van der Waals surface area contributed by atoms with Crippen molar-refractivity contribution in [2.24, 2.45) is 0 Å². The smallest absolute Gasteiger partial charge is 0.846 e. The summed E-state index contributed by atoms with van der Waals surface area (Å²) < 4.78 is 0. The fourth-order valence-electron chi connectivity index (χ4n) is 0.0962. The molecule has 1 nitrogen and oxygen atoms in total. The number of hydrogen-bond donors (Lipinski definition) is 0. The second-order valence-electron chi connectivity index (χ2n) is 0.936. The summed E-state index contributed by atoms with van der Waals surface area (Å²) in [7, 11) is 0. The van der Waals surface area contributed by atoms with E-state index in [2.05, 4.69) is 13.2 Å². The van der Waals surface area contributed by atoms with Crippen LogP contribution in [-0.4, -0.2) is 6.10 Å². The van der Waals surface area contributed by atoms with Crippen LogP contribution in [0.5, 0.6) is 0 Å². The van der Waals surface area contributed by atoms with Crippen LogP contribution in [0.15, 0.2) is 25.3 Å². The number of rotatable bonds is 2. The molecule has 2 heteroatoms. The quantitative estimate of drug-likeness (QED) is 0.273. The van der Waals surface area contributed by atoms with E-state index in [9.17, 15) is 5.11 Å². The Morgan fingerprint density at radius 3 is 1.57 bits per heavy atom. The maximum absolute atomic E-state index is 10.0. The van der Waals surface area contributed by atoms with Gasteiger partial charge >= 0.3 is 29.6 Å². The molecule has 0 spiro atoms. The molecule has 0 aromatic heterocycles. The summed E-state index contributed by atoms with van der Waals surface area (Å²) in [6.07, 6.45) is 1.81. The van der Waals surface area contributed by atoms with E-state index in [-0.39, 0.29) is 29.6 Å². The molecule has 34 valence electrons. The van der Waals surface area contributed by atoms with E-state index in [0.717, 1.165) is 0 Å². The molecule has 0 N–H and O–H groups in total. The van der Waals surface area contributed by atoms with Crippen molar-refractivity contribution in [1.29, 1.82) is 0 Å². The van der Waals surface area contributed by atoms with Crippen LogP contribution in [0.2, 0.25) is 0 Å². The van der Waals surface area contributed by atoms with E-state index in [1.54, 1.807) is 0 Å². The van der Waals surface area contributed by atoms with E-state index in [4.69, 9.17) is 0 Å². The van der Waals surface area contributed by atoms with Crippen LogP contribution in [0.3, 0.4) is 0 Å². The van der Waals surface area contributed by atoms with Crippen molar-refractivity contribution in [2.75, 3.05) is 0 Å². The van der Waals surface area contributed by atoms with E-state index >= 15 is 0 Å². The first-order valence-corrected chi connectivity index (χ1v) is 1.72. The van der Waals surface area contributed by atoms with Crippen molar-refractivity contribution in [3.63, 3.8) is 0 Å². The van der Waals surface area contributed by atoms with Crippen LogP contribution < -0.4 is 34.7 Å². The molecule has 0 atom stereocenters. The molecule has 0 saturated carbocycles. The van der Waals surface area contributed by atoms with Gasteiger partial charge < -0.3 is 5.11 Å². The van der Waals surface area contributed by atoms with Crippen molar-refractivity contribution in [3.05, 3.63) is 25.3 Å². The van der Waals surface area contributed by atoms with Crippen LogP contribution in [0.4, 0.5) is 0 Å². The Morgan fingerprint density at radius 1 is 1.29 bits per heavy atom. The summed E-state index contributed by atoms with van der Waals surface area (Å²) in [5.74, 6) is 0. The van der Waals surface area contributed by atoms with Gasteiger partial charge in [-0.15, -0.1) is 25.3 Å². The standard InChI is InChI=1S/C5H7O.Na/c1-3-5(6)4-2;/h3-5H,1-2H2;/q-1;+1. The van der Waals surface area contributed by atoms with Crippen molar-refractivity contribution < 1.29 is 34.7 Å². The predicted molar refractivity (Wildman–Crippen MR) is 24.2 cm³/mol. The first-order valence-electron chi connectivity index (χ1n) is 1.72. The minimum atomic E-state index is -0.787. The molecule has 0 saturated heterocycles. The van der Waals surface area contributed by atoms with E-state index < -0.39 is 6.10 Å². The molecule has 0 rings (SSSR count). The van der Waals surface area contributed by atoms with Gasteiger partial charge in [0.05, 0.1) is 0 Å². The van der Waals surface area contributed by atoms with Gasteiger partial charge in [-0.25, -0.2) is 0 Å². The zero-order valence-corrected chi connectivity index (χ0v) is 6.55. The Kier molecular flexibility index (Phi) is 9.59. The third-order valence-electron chi connectivity index (χ3n) is 0.465. The van der Waals surface area contributed by atoms with Crippen molar-refractivity contribution in [3.8, 4) is 0 Å². The molecule has 0 aliphatic rings. The van der Waals surface area contributed by atoms with E-state index in [1.807, 2.05) is 0 Å². The molecule has 0 bridgehead atoms. The second kappa shape index (κ2) is 6.44. The van der Waals surface area contributed by atoms with E-state index in [1.165, 1.54) is 12.2 Å². The van der Waals surface area contributed by atoms with Gasteiger partial charge in [0.15, 0.2) is 0 Å². The van der Waals surface area contributed by atoms with Gasteiger partial charge in [-0.1, -0.05) is 6.10 Å². The minimum absolute atomic E-state index is 0. The third-order valence-corrected chi connectivity index (χ3v) is 0.465. The van der Waals surface area contributed by atoms with Gasteiger partial charge in [0.2, 0.25) is 0 Å². The molecule has 0 aromatic carbocycles. The summed E-state index contributed by atoms with van der Waals surface area (Å²) in [5, 5.41) is 10.0. The average molecular weight is 106 g/mol. The summed E-state index contributed by atoms with van der Waals surface area (Å²) in [6, 6.07) is 0. The molecule has 0 aliphatic heterocycles. The van der Waals surface area contributed by atoms with Gasteiger partial charge in [0.25, 0.3) is 0 Å². The molecule has 0 unspecified atom stereocenters. The summed E-state index contributed by atoms with van der Waals surface area (Å²) in [4.78, 5) is 0. The Balaban J connectivity index is 0. The van der Waals surface area contributed by atoms with Crippen molar-refractivity contribution >= 4 is 0 Å². The SMILES string of the molecule is C=CC([O-])C=C.[Na+]. The maximum Gasteiger partial charge on any atom is 1.00 e. The predicted octanol–water partition coefficient (Wildman–Crippen LogP) is -2.91. The Morgan fingerprint density at radius 2 is 1.57 bits per heavy atom. The first-order chi connectivity index (χ1) is 2.81. The third kappa shape index (κ3) is 6.44. The van der Waals surface area contributed by atoms with Gasteiger partial charge in [0, 0.05) is 0 Å². The Hall–Kier alpha value is 0.440. The Bertz CT molecular complexity index is 53.1.